The van der Waals surface area contributed by atoms with Gasteiger partial charge in [-0.15, -0.1) is 0 Å². The monoisotopic (exact) mass is 309 g/mol. The number of rotatable bonds is 3. The van der Waals surface area contributed by atoms with Gasteiger partial charge in [0.1, 0.15) is 0 Å². The molecule has 3 rings (SSSR count). The number of aryl methyl sites for hydroxylation is 3. The van der Waals surface area contributed by atoms with E-state index in [1.54, 1.807) is 11.8 Å². The van der Waals surface area contributed by atoms with Gasteiger partial charge in [0.05, 0.1) is 4.91 Å². The van der Waals surface area contributed by atoms with E-state index >= 15 is 0 Å². The molecule has 22 heavy (non-hydrogen) atoms. The molecular weight excluding hydrogens is 290 g/mol. The van der Waals surface area contributed by atoms with Crippen LogP contribution in [0, 0.1) is 20.8 Å². The molecule has 2 aromatic rings. The van der Waals surface area contributed by atoms with Crippen LogP contribution in [0.25, 0.3) is 0 Å². The normalized spacial score (nSPS) is 15.2. The molecule has 1 N–H and O–H groups in total. The molecule has 0 aliphatic carbocycles. The summed E-state index contributed by atoms with van der Waals surface area (Å²) in [7, 11) is 0. The average molecular weight is 309 g/mol. The Morgan fingerprint density at radius 2 is 1.77 bits per heavy atom. The van der Waals surface area contributed by atoms with Crippen LogP contribution in [-0.4, -0.2) is 12.3 Å². The van der Waals surface area contributed by atoms with Gasteiger partial charge in [-0.2, -0.15) is 0 Å². The van der Waals surface area contributed by atoms with E-state index in [-0.39, 0.29) is 5.78 Å². The molecular formula is C19H19NOS. The van der Waals surface area contributed by atoms with E-state index in [1.807, 2.05) is 30.3 Å². The fourth-order valence-corrected chi connectivity index (χ4v) is 3.90. The number of benzene rings is 2. The Morgan fingerprint density at radius 3 is 2.45 bits per heavy atom. The van der Waals surface area contributed by atoms with E-state index in [0.29, 0.717) is 6.54 Å². The molecule has 1 heterocycles. The minimum absolute atomic E-state index is 0.139. The molecule has 0 amide bonds. The zero-order valence-electron chi connectivity index (χ0n) is 13.1. The number of hydrogen-bond donors (Lipinski definition) is 1. The Kier molecular flexibility index (Phi) is 4.08. The first-order valence-corrected chi connectivity index (χ1v) is 8.21. The third-order valence-electron chi connectivity index (χ3n) is 3.82. The topological polar surface area (TPSA) is 29.1 Å². The van der Waals surface area contributed by atoms with Crippen LogP contribution < -0.4 is 5.32 Å². The lowest BCUT2D eigenvalue weighted by Crippen LogP contribution is -2.04. The van der Waals surface area contributed by atoms with Crippen molar-refractivity contribution in [3.05, 3.63) is 69.6 Å². The molecule has 3 heteroatoms. The van der Waals surface area contributed by atoms with Crippen LogP contribution in [0.4, 0.5) is 5.69 Å². The lowest BCUT2D eigenvalue weighted by molar-refractivity contribution is 0.104. The molecule has 112 valence electrons. The minimum atomic E-state index is 0.139. The highest BCUT2D eigenvalue weighted by Gasteiger charge is 2.24. The predicted molar refractivity (Wildman–Crippen MR) is 93.9 cm³/mol. The number of Topliss-reactive ketones (excluding diaryl/α,β-unsaturated/α-hetero) is 1. The van der Waals surface area contributed by atoms with Crippen LogP contribution in [0.2, 0.25) is 0 Å². The summed E-state index contributed by atoms with van der Waals surface area (Å²) >= 11 is 1.56. The molecule has 0 saturated heterocycles. The van der Waals surface area contributed by atoms with Crippen molar-refractivity contribution in [2.24, 2.45) is 0 Å². The summed E-state index contributed by atoms with van der Waals surface area (Å²) in [6.07, 6.45) is 1.99. The van der Waals surface area contributed by atoms with Crippen LogP contribution in [-0.2, 0) is 0 Å². The number of carbonyl (C=O) groups is 1. The van der Waals surface area contributed by atoms with Gasteiger partial charge in [0.25, 0.3) is 0 Å². The SMILES string of the molecule is Cc1cc(C)c(NCC=C2Sc3ccccc3C2=O)c(C)c1. The van der Waals surface area contributed by atoms with Crippen LogP contribution >= 0.6 is 11.8 Å². The Morgan fingerprint density at radius 1 is 1.09 bits per heavy atom. The van der Waals surface area contributed by atoms with E-state index in [1.165, 1.54) is 16.7 Å². The van der Waals surface area contributed by atoms with Gasteiger partial charge in [0.15, 0.2) is 0 Å². The molecule has 0 radical (unpaired) electrons. The second-order valence-electron chi connectivity index (χ2n) is 5.65. The van der Waals surface area contributed by atoms with Gasteiger partial charge in [-0.25, -0.2) is 0 Å². The molecule has 0 bridgehead atoms. The lowest BCUT2D eigenvalue weighted by Gasteiger charge is -2.12. The molecule has 0 aromatic heterocycles. The first-order chi connectivity index (χ1) is 10.6. The van der Waals surface area contributed by atoms with Gasteiger partial charge < -0.3 is 5.32 Å². The summed E-state index contributed by atoms with van der Waals surface area (Å²) in [4.78, 5) is 14.2. The van der Waals surface area contributed by atoms with Gasteiger partial charge in [-0.1, -0.05) is 41.6 Å². The number of hydrogen-bond acceptors (Lipinski definition) is 3. The number of allylic oxidation sites excluding steroid dienone is 1. The number of nitrogens with one attached hydrogen (secondary N) is 1. The molecule has 0 fully saturated rings. The van der Waals surface area contributed by atoms with Crippen LogP contribution in [0.15, 0.2) is 52.3 Å². The van der Waals surface area contributed by atoms with E-state index in [9.17, 15) is 4.79 Å². The maximum Gasteiger partial charge on any atom is 0.200 e. The second kappa shape index (κ2) is 6.01. The highest BCUT2D eigenvalue weighted by atomic mass is 32.2. The summed E-state index contributed by atoms with van der Waals surface area (Å²) in [6, 6.07) is 12.1. The highest BCUT2D eigenvalue weighted by Crippen LogP contribution is 2.39. The van der Waals surface area contributed by atoms with E-state index in [2.05, 4.69) is 38.2 Å². The van der Waals surface area contributed by atoms with E-state index < -0.39 is 0 Å². The van der Waals surface area contributed by atoms with Crippen molar-refractivity contribution in [3.8, 4) is 0 Å². The molecule has 0 atom stereocenters. The zero-order valence-corrected chi connectivity index (χ0v) is 13.9. The molecule has 2 aromatic carbocycles. The van der Waals surface area contributed by atoms with Crippen LogP contribution in [0.5, 0.6) is 0 Å². The lowest BCUT2D eigenvalue weighted by atomic mass is 10.1. The zero-order chi connectivity index (χ0) is 15.7. The van der Waals surface area contributed by atoms with Gasteiger partial charge in [0, 0.05) is 22.7 Å². The third kappa shape index (κ3) is 2.81. The summed E-state index contributed by atoms with van der Waals surface area (Å²) < 4.78 is 0. The number of carbonyl (C=O) groups excluding carboxylic acids is 1. The van der Waals surface area contributed by atoms with Crippen molar-refractivity contribution >= 4 is 23.2 Å². The summed E-state index contributed by atoms with van der Waals surface area (Å²) in [5, 5.41) is 3.44. The predicted octanol–water partition coefficient (Wildman–Crippen LogP) is 4.90. The number of anilines is 1. The van der Waals surface area contributed by atoms with Gasteiger partial charge >= 0.3 is 0 Å². The molecule has 1 aliphatic heterocycles. The molecule has 0 spiro atoms. The first kappa shape index (κ1) is 14.9. The van der Waals surface area contributed by atoms with Crippen molar-refractivity contribution in [3.63, 3.8) is 0 Å². The first-order valence-electron chi connectivity index (χ1n) is 7.39. The fraction of sp³-hybridized carbons (Fsp3) is 0.211. The van der Waals surface area contributed by atoms with Crippen molar-refractivity contribution < 1.29 is 4.79 Å². The Bertz CT molecular complexity index is 754. The smallest absolute Gasteiger partial charge is 0.200 e. The quantitative estimate of drug-likeness (QED) is 0.818. The van der Waals surface area contributed by atoms with Crippen molar-refractivity contribution in [1.82, 2.24) is 0 Å². The molecule has 2 nitrogen and oxygen atoms in total. The van der Waals surface area contributed by atoms with E-state index in [0.717, 1.165) is 21.1 Å². The standard InChI is InChI=1S/C19H19NOS/c1-12-10-13(2)18(14(3)11-12)20-9-8-17-19(21)15-6-4-5-7-16(15)22-17/h4-8,10-11,20H,9H2,1-3H3. The van der Waals surface area contributed by atoms with Crippen molar-refractivity contribution in [1.29, 1.82) is 0 Å². The van der Waals surface area contributed by atoms with Gasteiger partial charge in [-0.05, 0) is 50.1 Å². The van der Waals surface area contributed by atoms with Gasteiger partial charge in [0.2, 0.25) is 5.78 Å². The molecule has 1 aliphatic rings. The molecule has 0 saturated carbocycles. The number of ketones is 1. The Balaban J connectivity index is 1.73. The van der Waals surface area contributed by atoms with Crippen molar-refractivity contribution in [2.45, 2.75) is 25.7 Å². The minimum Gasteiger partial charge on any atom is -0.381 e. The largest absolute Gasteiger partial charge is 0.381 e. The second-order valence-corrected chi connectivity index (χ2v) is 6.73. The van der Waals surface area contributed by atoms with E-state index in [4.69, 9.17) is 0 Å². The maximum absolute atomic E-state index is 12.3. The average Bonchev–Trinajstić information content (AvgIpc) is 2.79. The highest BCUT2D eigenvalue weighted by molar-refractivity contribution is 8.04. The summed E-state index contributed by atoms with van der Waals surface area (Å²) in [6.45, 7) is 6.99. The van der Waals surface area contributed by atoms with Crippen LogP contribution in [0.3, 0.4) is 0 Å². The van der Waals surface area contributed by atoms with Gasteiger partial charge in [-0.3, -0.25) is 4.79 Å². The third-order valence-corrected chi connectivity index (χ3v) is 4.97. The number of fused-ring (bicyclic) bond motifs is 1. The fourth-order valence-electron chi connectivity index (χ4n) is 2.88. The van der Waals surface area contributed by atoms with Crippen molar-refractivity contribution in [2.75, 3.05) is 11.9 Å². The summed E-state index contributed by atoms with van der Waals surface area (Å²) in [5.41, 5.74) is 5.74. The maximum atomic E-state index is 12.3. The number of thioether (sulfide) groups is 1. The summed E-state index contributed by atoms with van der Waals surface area (Å²) in [5.74, 6) is 0.139. The molecule has 0 unspecified atom stereocenters. The van der Waals surface area contributed by atoms with Crippen LogP contribution in [0.1, 0.15) is 27.0 Å². The Labute approximate surface area is 135 Å². The Hall–Kier alpha value is -2.00.